The van der Waals surface area contributed by atoms with Crippen molar-refractivity contribution in [2.75, 3.05) is 18.0 Å². The Morgan fingerprint density at radius 3 is 2.69 bits per heavy atom. The van der Waals surface area contributed by atoms with Gasteiger partial charge < -0.3 is 20.1 Å². The van der Waals surface area contributed by atoms with Crippen molar-refractivity contribution in [1.29, 1.82) is 0 Å². The fourth-order valence-corrected chi connectivity index (χ4v) is 3.50. The number of hydrogen-bond donors (Lipinski definition) is 1. The maximum absolute atomic E-state index is 12.1. The van der Waals surface area contributed by atoms with Crippen LogP contribution < -0.4 is 20.1 Å². The van der Waals surface area contributed by atoms with E-state index in [1.54, 1.807) is 24.4 Å². The van der Waals surface area contributed by atoms with Crippen molar-refractivity contribution >= 4 is 23.2 Å². The van der Waals surface area contributed by atoms with Crippen LogP contribution in [-0.2, 0) is 0 Å². The summed E-state index contributed by atoms with van der Waals surface area (Å²) < 4.78 is 11.8. The number of halogens is 1. The van der Waals surface area contributed by atoms with Gasteiger partial charge in [-0.05, 0) is 42.5 Å². The molecule has 7 heteroatoms. The molecule has 4 rings (SSSR count). The Bertz CT molecular complexity index is 1010. The number of aromatic nitrogens is 1. The zero-order valence-electron chi connectivity index (χ0n) is 15.6. The van der Waals surface area contributed by atoms with Gasteiger partial charge in [-0.25, -0.2) is 4.98 Å². The lowest BCUT2D eigenvalue weighted by Crippen LogP contribution is -2.27. The number of primary amides is 1. The number of nitrogens with zero attached hydrogens (tertiary/aromatic N) is 2. The minimum absolute atomic E-state index is 0.0802. The van der Waals surface area contributed by atoms with Gasteiger partial charge in [-0.3, -0.25) is 4.79 Å². The maximum Gasteiger partial charge on any atom is 0.250 e. The molecule has 1 aliphatic rings. The molecule has 1 aromatic heterocycles. The lowest BCUT2D eigenvalue weighted by atomic mass is 10.1. The monoisotopic (exact) mass is 409 g/mol. The second-order valence-electron chi connectivity index (χ2n) is 6.72. The molecule has 1 amide bonds. The Kier molecular flexibility index (Phi) is 5.53. The Balaban J connectivity index is 1.50. The van der Waals surface area contributed by atoms with Gasteiger partial charge in [0.2, 0.25) is 5.88 Å². The van der Waals surface area contributed by atoms with Crippen molar-refractivity contribution in [3.05, 3.63) is 77.4 Å². The number of benzene rings is 2. The fraction of sp³-hybridized carbons (Fsp3) is 0.182. The normalized spacial score (nSPS) is 15.9. The van der Waals surface area contributed by atoms with E-state index in [9.17, 15) is 4.79 Å². The van der Waals surface area contributed by atoms with Crippen LogP contribution in [0.15, 0.2) is 66.9 Å². The number of ether oxygens (including phenoxy) is 2. The summed E-state index contributed by atoms with van der Waals surface area (Å²) in [6.45, 7) is 1.33. The molecule has 0 unspecified atom stereocenters. The second-order valence-corrected chi connectivity index (χ2v) is 7.13. The molecule has 2 heterocycles. The quantitative estimate of drug-likeness (QED) is 0.657. The fourth-order valence-electron chi connectivity index (χ4n) is 3.34. The molecular weight excluding hydrogens is 390 g/mol. The van der Waals surface area contributed by atoms with E-state index in [0.29, 0.717) is 34.5 Å². The molecule has 0 aliphatic carbocycles. The molecule has 1 fully saturated rings. The van der Waals surface area contributed by atoms with E-state index in [4.69, 9.17) is 26.8 Å². The molecule has 1 aliphatic heterocycles. The summed E-state index contributed by atoms with van der Waals surface area (Å²) >= 11 is 6.13. The molecular formula is C22H20ClN3O3. The predicted octanol–water partition coefficient (Wildman–Crippen LogP) is 4.28. The van der Waals surface area contributed by atoms with Crippen LogP contribution in [0, 0.1) is 0 Å². The number of para-hydroxylation sites is 1. The zero-order chi connectivity index (χ0) is 20.2. The number of pyridine rings is 1. The largest absolute Gasteiger partial charge is 0.471 e. The number of amides is 1. The van der Waals surface area contributed by atoms with E-state index in [-0.39, 0.29) is 6.10 Å². The Labute approximate surface area is 173 Å². The smallest absolute Gasteiger partial charge is 0.250 e. The summed E-state index contributed by atoms with van der Waals surface area (Å²) in [4.78, 5) is 18.3. The lowest BCUT2D eigenvalue weighted by molar-refractivity contribution is 0.100. The summed E-state index contributed by atoms with van der Waals surface area (Å²) in [5.41, 5.74) is 6.81. The van der Waals surface area contributed by atoms with E-state index < -0.39 is 5.91 Å². The Hall–Kier alpha value is -3.25. The first kappa shape index (κ1) is 19.1. The van der Waals surface area contributed by atoms with E-state index in [0.717, 1.165) is 18.7 Å². The van der Waals surface area contributed by atoms with E-state index >= 15 is 0 Å². The number of nitrogens with two attached hydrogens (primary N) is 1. The molecule has 0 saturated carbocycles. The van der Waals surface area contributed by atoms with Crippen LogP contribution >= 0.6 is 11.6 Å². The average molecular weight is 410 g/mol. The Morgan fingerprint density at radius 2 is 1.93 bits per heavy atom. The molecule has 1 atom stereocenters. The van der Waals surface area contributed by atoms with Gasteiger partial charge in [-0.15, -0.1) is 0 Å². The number of hydrogen-bond acceptors (Lipinski definition) is 5. The van der Waals surface area contributed by atoms with Crippen LogP contribution in [0.2, 0.25) is 5.02 Å². The zero-order valence-corrected chi connectivity index (χ0v) is 16.4. The third-order valence-electron chi connectivity index (χ3n) is 4.70. The third kappa shape index (κ3) is 4.43. The van der Waals surface area contributed by atoms with Crippen LogP contribution in [0.4, 0.5) is 5.69 Å². The molecule has 0 bridgehead atoms. The summed E-state index contributed by atoms with van der Waals surface area (Å²) in [5, 5.41) is 0.478. The van der Waals surface area contributed by atoms with Crippen molar-refractivity contribution in [1.82, 2.24) is 4.98 Å². The highest BCUT2D eigenvalue weighted by Gasteiger charge is 2.27. The molecule has 1 saturated heterocycles. The predicted molar refractivity (Wildman–Crippen MR) is 112 cm³/mol. The van der Waals surface area contributed by atoms with Crippen molar-refractivity contribution in [2.24, 2.45) is 5.73 Å². The molecule has 3 aromatic rings. The van der Waals surface area contributed by atoms with Gasteiger partial charge in [0.05, 0.1) is 12.1 Å². The molecule has 0 spiro atoms. The highest BCUT2D eigenvalue weighted by Crippen LogP contribution is 2.32. The first-order valence-electron chi connectivity index (χ1n) is 9.29. The van der Waals surface area contributed by atoms with Crippen LogP contribution in [0.3, 0.4) is 0 Å². The maximum atomic E-state index is 12.1. The SMILES string of the molecule is NC(=O)c1cc(Oc2ccccc2)ccc1N1CC[C@H](Oc2ncccc2Cl)C1. The van der Waals surface area contributed by atoms with E-state index in [1.165, 1.54) is 0 Å². The first-order valence-corrected chi connectivity index (χ1v) is 9.67. The third-order valence-corrected chi connectivity index (χ3v) is 4.99. The highest BCUT2D eigenvalue weighted by molar-refractivity contribution is 6.31. The van der Waals surface area contributed by atoms with Crippen molar-refractivity contribution in [3.8, 4) is 17.4 Å². The molecule has 29 heavy (non-hydrogen) atoms. The minimum atomic E-state index is -0.504. The van der Waals surface area contributed by atoms with Gasteiger partial charge in [-0.1, -0.05) is 29.8 Å². The highest BCUT2D eigenvalue weighted by atomic mass is 35.5. The van der Waals surface area contributed by atoms with Crippen LogP contribution in [0.25, 0.3) is 0 Å². The van der Waals surface area contributed by atoms with Crippen molar-refractivity contribution < 1.29 is 14.3 Å². The van der Waals surface area contributed by atoms with Crippen molar-refractivity contribution in [3.63, 3.8) is 0 Å². The standard InChI is InChI=1S/C22H20ClN3O3/c23-19-7-4-11-25-22(19)29-17-10-12-26(14-17)20-9-8-16(13-18(20)21(24)27)28-15-5-2-1-3-6-15/h1-9,11,13,17H,10,12,14H2,(H2,24,27)/t17-/m0/s1. The van der Waals surface area contributed by atoms with E-state index in [2.05, 4.69) is 9.88 Å². The summed E-state index contributed by atoms with van der Waals surface area (Å²) in [6.07, 6.45) is 2.35. The van der Waals surface area contributed by atoms with Gasteiger partial charge in [-0.2, -0.15) is 0 Å². The second kappa shape index (κ2) is 8.41. The topological polar surface area (TPSA) is 77.7 Å². The first-order chi connectivity index (χ1) is 14.1. The summed E-state index contributed by atoms with van der Waals surface area (Å²) in [5.74, 6) is 1.16. The lowest BCUT2D eigenvalue weighted by Gasteiger charge is -2.22. The molecule has 0 radical (unpaired) electrons. The van der Waals surface area contributed by atoms with Gasteiger partial charge in [0.25, 0.3) is 5.91 Å². The number of carbonyl (C=O) groups excluding carboxylic acids is 1. The minimum Gasteiger partial charge on any atom is -0.471 e. The van der Waals surface area contributed by atoms with Gasteiger partial charge in [0.1, 0.15) is 22.6 Å². The number of anilines is 1. The molecule has 2 N–H and O–H groups in total. The summed E-state index contributed by atoms with van der Waals surface area (Å²) in [6, 6.07) is 18.2. The molecule has 2 aromatic carbocycles. The van der Waals surface area contributed by atoms with Crippen molar-refractivity contribution in [2.45, 2.75) is 12.5 Å². The van der Waals surface area contributed by atoms with Gasteiger partial charge in [0.15, 0.2) is 0 Å². The van der Waals surface area contributed by atoms with Gasteiger partial charge in [0, 0.05) is 24.8 Å². The number of rotatable bonds is 6. The van der Waals surface area contributed by atoms with Crippen LogP contribution in [0.1, 0.15) is 16.8 Å². The molecule has 148 valence electrons. The Morgan fingerprint density at radius 1 is 1.10 bits per heavy atom. The van der Waals surface area contributed by atoms with Crippen LogP contribution in [-0.4, -0.2) is 30.1 Å². The van der Waals surface area contributed by atoms with Crippen LogP contribution in [0.5, 0.6) is 17.4 Å². The number of carbonyl (C=O) groups is 1. The molecule has 6 nitrogen and oxygen atoms in total. The average Bonchev–Trinajstić information content (AvgIpc) is 3.19. The van der Waals surface area contributed by atoms with E-state index in [1.807, 2.05) is 42.5 Å². The van der Waals surface area contributed by atoms with Gasteiger partial charge >= 0.3 is 0 Å². The summed E-state index contributed by atoms with van der Waals surface area (Å²) in [7, 11) is 0.